The fraction of sp³-hybridized carbons (Fsp3) is 0.111. The summed E-state index contributed by atoms with van der Waals surface area (Å²) < 4.78 is 26.4. The Morgan fingerprint density at radius 1 is 0.880 bits per heavy atom. The molecule has 0 saturated heterocycles. The lowest BCUT2D eigenvalue weighted by atomic mass is 10.2. The van der Waals surface area contributed by atoms with Crippen molar-refractivity contribution in [3.63, 3.8) is 0 Å². The molecule has 1 aromatic heterocycles. The largest absolute Gasteiger partial charge is 0.340 e. The van der Waals surface area contributed by atoms with Gasteiger partial charge in [0.15, 0.2) is 11.6 Å². The zero-order valence-corrected chi connectivity index (χ0v) is 14.3. The number of hydrogen-bond acceptors (Lipinski definition) is 4. The van der Waals surface area contributed by atoms with Crippen LogP contribution in [0.1, 0.15) is 11.3 Å². The Labute approximate surface area is 148 Å². The van der Waals surface area contributed by atoms with Crippen LogP contribution in [0.3, 0.4) is 0 Å². The monoisotopic (exact) mass is 360 g/mol. The maximum atomic E-state index is 13.3. The zero-order chi connectivity index (χ0) is 18.0. The van der Waals surface area contributed by atoms with Gasteiger partial charge in [-0.3, -0.25) is 0 Å². The van der Waals surface area contributed by atoms with Crippen LogP contribution in [0.25, 0.3) is 0 Å². The Morgan fingerprint density at radius 2 is 1.68 bits per heavy atom. The molecule has 0 spiro atoms. The first-order valence-corrected chi connectivity index (χ1v) is 7.89. The second-order valence-electron chi connectivity index (χ2n) is 5.56. The maximum Gasteiger partial charge on any atom is 0.229 e. The Balaban J connectivity index is 1.87. The van der Waals surface area contributed by atoms with Gasteiger partial charge in [0.25, 0.3) is 0 Å². The lowest BCUT2D eigenvalue weighted by Crippen LogP contribution is -2.03. The second-order valence-corrected chi connectivity index (χ2v) is 5.99. The summed E-state index contributed by atoms with van der Waals surface area (Å²) in [6, 6.07) is 10.8. The zero-order valence-electron chi connectivity index (χ0n) is 13.6. The van der Waals surface area contributed by atoms with E-state index in [0.717, 1.165) is 23.4 Å². The number of halogens is 3. The Kier molecular flexibility index (Phi) is 4.81. The normalized spacial score (nSPS) is 10.6. The summed E-state index contributed by atoms with van der Waals surface area (Å²) in [5.41, 5.74) is 2.90. The van der Waals surface area contributed by atoms with Gasteiger partial charge in [-0.15, -0.1) is 0 Å². The molecule has 2 aromatic carbocycles. The summed E-state index contributed by atoms with van der Waals surface area (Å²) in [6.07, 6.45) is 0. The van der Waals surface area contributed by atoms with E-state index in [9.17, 15) is 8.78 Å². The van der Waals surface area contributed by atoms with Crippen molar-refractivity contribution in [2.24, 2.45) is 0 Å². The molecule has 25 heavy (non-hydrogen) atoms. The van der Waals surface area contributed by atoms with Gasteiger partial charge in [0, 0.05) is 34.2 Å². The molecule has 4 nitrogen and oxygen atoms in total. The fourth-order valence-electron chi connectivity index (χ4n) is 2.26. The average molecular weight is 361 g/mol. The van der Waals surface area contributed by atoms with Crippen LogP contribution < -0.4 is 10.6 Å². The van der Waals surface area contributed by atoms with E-state index in [2.05, 4.69) is 20.6 Å². The third-order valence-corrected chi connectivity index (χ3v) is 3.73. The Bertz CT molecular complexity index is 931. The van der Waals surface area contributed by atoms with Crippen LogP contribution in [-0.2, 0) is 0 Å². The van der Waals surface area contributed by atoms with Gasteiger partial charge >= 0.3 is 0 Å². The summed E-state index contributed by atoms with van der Waals surface area (Å²) >= 11 is 6.03. The molecule has 0 fully saturated rings. The number of rotatable bonds is 4. The number of aryl methyl sites for hydroxylation is 2. The molecule has 0 atom stereocenters. The number of anilines is 4. The van der Waals surface area contributed by atoms with E-state index in [1.165, 1.54) is 6.07 Å². The molecule has 0 saturated carbocycles. The van der Waals surface area contributed by atoms with Gasteiger partial charge in [0.2, 0.25) is 5.95 Å². The SMILES string of the molecule is Cc1cc(Nc2cc(Cl)ccc2C)nc(Nc2ccc(F)c(F)c2)n1. The fourth-order valence-corrected chi connectivity index (χ4v) is 2.43. The van der Waals surface area contributed by atoms with Gasteiger partial charge in [-0.25, -0.2) is 13.8 Å². The standard InChI is InChI=1S/C18H15ClF2N4/c1-10-3-4-12(19)8-16(10)24-17-7-11(2)22-18(25-17)23-13-5-6-14(20)15(21)9-13/h3-9H,1-2H3,(H2,22,23,24,25). The molecule has 1 heterocycles. The number of nitrogens with one attached hydrogen (secondary N) is 2. The van der Waals surface area contributed by atoms with Crippen molar-refractivity contribution in [1.29, 1.82) is 0 Å². The average Bonchev–Trinajstić information content (AvgIpc) is 2.54. The van der Waals surface area contributed by atoms with Gasteiger partial charge in [-0.1, -0.05) is 17.7 Å². The molecular weight excluding hydrogens is 346 g/mol. The molecule has 0 unspecified atom stereocenters. The summed E-state index contributed by atoms with van der Waals surface area (Å²) in [6.45, 7) is 3.77. The third kappa shape index (κ3) is 4.22. The van der Waals surface area contributed by atoms with Crippen LogP contribution in [-0.4, -0.2) is 9.97 Å². The lowest BCUT2D eigenvalue weighted by Gasteiger charge is -2.12. The molecule has 3 rings (SSSR count). The van der Waals surface area contributed by atoms with Crippen LogP contribution >= 0.6 is 11.6 Å². The van der Waals surface area contributed by atoms with Crippen LogP contribution in [0.4, 0.5) is 31.9 Å². The molecule has 0 bridgehead atoms. The van der Waals surface area contributed by atoms with E-state index in [1.807, 2.05) is 26.0 Å². The lowest BCUT2D eigenvalue weighted by molar-refractivity contribution is 0.509. The van der Waals surface area contributed by atoms with E-state index in [4.69, 9.17) is 11.6 Å². The second kappa shape index (κ2) is 7.03. The smallest absolute Gasteiger partial charge is 0.229 e. The van der Waals surface area contributed by atoms with Crippen LogP contribution in [0.2, 0.25) is 5.02 Å². The van der Waals surface area contributed by atoms with Crippen molar-refractivity contribution in [3.05, 3.63) is 70.4 Å². The van der Waals surface area contributed by atoms with Crippen molar-refractivity contribution in [1.82, 2.24) is 9.97 Å². The van der Waals surface area contributed by atoms with Crippen molar-refractivity contribution in [2.45, 2.75) is 13.8 Å². The summed E-state index contributed by atoms with van der Waals surface area (Å²) in [5, 5.41) is 6.67. The van der Waals surface area contributed by atoms with Crippen molar-refractivity contribution < 1.29 is 8.78 Å². The highest BCUT2D eigenvalue weighted by molar-refractivity contribution is 6.30. The summed E-state index contributed by atoms with van der Waals surface area (Å²) in [7, 11) is 0. The van der Waals surface area contributed by atoms with Gasteiger partial charge in [0.05, 0.1) is 0 Å². The molecular formula is C18H15ClF2N4. The Morgan fingerprint density at radius 3 is 2.44 bits per heavy atom. The predicted molar refractivity (Wildman–Crippen MR) is 95.9 cm³/mol. The predicted octanol–water partition coefficient (Wildman–Crippen LogP) is 5.51. The van der Waals surface area contributed by atoms with Gasteiger partial charge in [0.1, 0.15) is 5.82 Å². The number of nitrogens with zero attached hydrogens (tertiary/aromatic N) is 2. The third-order valence-electron chi connectivity index (χ3n) is 3.49. The van der Waals surface area contributed by atoms with E-state index in [0.29, 0.717) is 22.2 Å². The highest BCUT2D eigenvalue weighted by Gasteiger charge is 2.07. The minimum atomic E-state index is -0.939. The maximum absolute atomic E-state index is 13.3. The van der Waals surface area contributed by atoms with Crippen molar-refractivity contribution in [3.8, 4) is 0 Å². The first kappa shape index (κ1) is 17.1. The van der Waals surface area contributed by atoms with Gasteiger partial charge in [-0.2, -0.15) is 4.98 Å². The van der Waals surface area contributed by atoms with Crippen LogP contribution in [0.15, 0.2) is 42.5 Å². The summed E-state index contributed by atoms with van der Waals surface area (Å²) in [5.74, 6) is -1.02. The van der Waals surface area contributed by atoms with E-state index < -0.39 is 11.6 Å². The van der Waals surface area contributed by atoms with E-state index in [-0.39, 0.29) is 5.95 Å². The highest BCUT2D eigenvalue weighted by atomic mass is 35.5. The molecule has 3 aromatic rings. The molecule has 7 heteroatoms. The van der Waals surface area contributed by atoms with E-state index >= 15 is 0 Å². The van der Waals surface area contributed by atoms with Crippen LogP contribution in [0, 0.1) is 25.5 Å². The van der Waals surface area contributed by atoms with Gasteiger partial charge < -0.3 is 10.6 Å². The molecule has 0 aliphatic carbocycles. The van der Waals surface area contributed by atoms with Crippen molar-refractivity contribution >= 4 is 34.7 Å². The molecule has 0 radical (unpaired) electrons. The Hall–Kier alpha value is -2.73. The number of benzene rings is 2. The first-order valence-electron chi connectivity index (χ1n) is 7.51. The molecule has 2 N–H and O–H groups in total. The minimum absolute atomic E-state index is 0.271. The summed E-state index contributed by atoms with van der Waals surface area (Å²) in [4.78, 5) is 8.61. The molecule has 0 aliphatic rings. The molecule has 128 valence electrons. The molecule has 0 amide bonds. The molecule has 0 aliphatic heterocycles. The van der Waals surface area contributed by atoms with Crippen LogP contribution in [0.5, 0.6) is 0 Å². The quantitative estimate of drug-likeness (QED) is 0.644. The van der Waals surface area contributed by atoms with Gasteiger partial charge in [-0.05, 0) is 43.7 Å². The highest BCUT2D eigenvalue weighted by Crippen LogP contribution is 2.25. The van der Waals surface area contributed by atoms with Crippen molar-refractivity contribution in [2.75, 3.05) is 10.6 Å². The number of aromatic nitrogens is 2. The number of hydrogen-bond donors (Lipinski definition) is 2. The first-order chi connectivity index (χ1) is 11.9. The van der Waals surface area contributed by atoms with E-state index in [1.54, 1.807) is 12.1 Å². The minimum Gasteiger partial charge on any atom is -0.340 e. The topological polar surface area (TPSA) is 49.8 Å².